The summed E-state index contributed by atoms with van der Waals surface area (Å²) in [6.07, 6.45) is 5.49. The van der Waals surface area contributed by atoms with Crippen LogP contribution in [0.1, 0.15) is 39.0 Å². The maximum Gasteiger partial charge on any atom is 0.409 e. The zero-order valence-corrected chi connectivity index (χ0v) is 17.7. The Morgan fingerprint density at radius 1 is 1.03 bits per heavy atom. The number of carbonyl (C=O) groups excluding carboxylic acids is 2. The van der Waals surface area contributed by atoms with Crippen LogP contribution in [0.25, 0.3) is 0 Å². The van der Waals surface area contributed by atoms with Crippen LogP contribution in [-0.4, -0.2) is 91.8 Å². The fraction of sp³-hybridized carbons (Fsp3) is 0.909. The molecule has 162 valence electrons. The number of rotatable bonds is 3. The van der Waals surface area contributed by atoms with Crippen molar-refractivity contribution in [3.63, 3.8) is 0 Å². The Kier molecular flexibility index (Phi) is 5.23. The molecule has 5 fully saturated rings. The minimum atomic E-state index is -0.147. The molecule has 5 rings (SSSR count). The van der Waals surface area contributed by atoms with Crippen LogP contribution in [0.2, 0.25) is 0 Å². The molecule has 0 aromatic carbocycles. The van der Waals surface area contributed by atoms with E-state index in [1.165, 1.54) is 12.8 Å². The minimum absolute atomic E-state index is 0.147. The van der Waals surface area contributed by atoms with Gasteiger partial charge in [-0.2, -0.15) is 0 Å². The highest BCUT2D eigenvalue weighted by atomic mass is 16.6. The smallest absolute Gasteiger partial charge is 0.409 e. The molecule has 3 saturated heterocycles. The van der Waals surface area contributed by atoms with Crippen LogP contribution in [-0.2, 0) is 14.3 Å². The first kappa shape index (κ1) is 19.6. The third-order valence-electron chi connectivity index (χ3n) is 8.11. The summed E-state index contributed by atoms with van der Waals surface area (Å²) >= 11 is 0. The molecule has 0 unspecified atom stereocenters. The lowest BCUT2D eigenvalue weighted by Crippen LogP contribution is -2.52. The molecule has 3 heterocycles. The molecule has 29 heavy (non-hydrogen) atoms. The van der Waals surface area contributed by atoms with E-state index in [4.69, 9.17) is 9.47 Å². The maximum absolute atomic E-state index is 13.0. The van der Waals surface area contributed by atoms with Gasteiger partial charge >= 0.3 is 6.09 Å². The average Bonchev–Trinajstić information content (AvgIpc) is 3.01. The molecular formula is C22H35N3O4. The highest BCUT2D eigenvalue weighted by Gasteiger charge is 2.62. The highest BCUT2D eigenvalue weighted by molar-refractivity contribution is 5.82. The summed E-state index contributed by atoms with van der Waals surface area (Å²) < 4.78 is 10.7. The molecule has 2 saturated carbocycles. The van der Waals surface area contributed by atoms with Crippen LogP contribution >= 0.6 is 0 Å². The van der Waals surface area contributed by atoms with Crippen LogP contribution in [0, 0.1) is 23.2 Å². The summed E-state index contributed by atoms with van der Waals surface area (Å²) in [5.74, 6) is 1.80. The minimum Gasteiger partial charge on any atom is -0.450 e. The molecule has 0 aromatic heterocycles. The SMILES string of the molecule is CCOC(=O)N1CCC2(CC(N3C[C@@H]4[C@H](C3)[C@H]4C(=O)N3CCCCOCC3)C2)C1. The molecular weight excluding hydrogens is 370 g/mol. The number of hydrogen-bond acceptors (Lipinski definition) is 5. The van der Waals surface area contributed by atoms with Crippen molar-refractivity contribution in [2.24, 2.45) is 23.2 Å². The summed E-state index contributed by atoms with van der Waals surface area (Å²) in [6.45, 7) is 9.40. The third-order valence-corrected chi connectivity index (χ3v) is 8.11. The lowest BCUT2D eigenvalue weighted by atomic mass is 9.64. The van der Waals surface area contributed by atoms with Gasteiger partial charge in [0.1, 0.15) is 0 Å². The number of carbonyl (C=O) groups is 2. The highest BCUT2D eigenvalue weighted by Crippen LogP contribution is 2.57. The van der Waals surface area contributed by atoms with Crippen LogP contribution in [0.15, 0.2) is 0 Å². The van der Waals surface area contributed by atoms with Gasteiger partial charge in [0.15, 0.2) is 0 Å². The number of piperidine rings is 1. The van der Waals surface area contributed by atoms with E-state index in [2.05, 4.69) is 9.80 Å². The van der Waals surface area contributed by atoms with E-state index < -0.39 is 0 Å². The maximum atomic E-state index is 13.0. The fourth-order valence-electron chi connectivity index (χ4n) is 6.39. The molecule has 1 spiro atoms. The van der Waals surface area contributed by atoms with E-state index in [-0.39, 0.29) is 12.0 Å². The Hall–Kier alpha value is -1.34. The van der Waals surface area contributed by atoms with Gasteiger partial charge in [0, 0.05) is 57.8 Å². The molecule has 7 heteroatoms. The topological polar surface area (TPSA) is 62.3 Å². The van der Waals surface area contributed by atoms with Crippen molar-refractivity contribution in [2.45, 2.75) is 45.1 Å². The van der Waals surface area contributed by atoms with Crippen molar-refractivity contribution in [3.8, 4) is 0 Å². The molecule has 0 radical (unpaired) electrons. The van der Waals surface area contributed by atoms with E-state index in [9.17, 15) is 9.59 Å². The van der Waals surface area contributed by atoms with Crippen molar-refractivity contribution in [3.05, 3.63) is 0 Å². The number of likely N-dealkylation sites (tertiary alicyclic amines) is 2. The number of amides is 2. The van der Waals surface area contributed by atoms with E-state index in [1.54, 1.807) is 0 Å². The molecule has 2 amide bonds. The fourth-order valence-corrected chi connectivity index (χ4v) is 6.39. The monoisotopic (exact) mass is 405 g/mol. The van der Waals surface area contributed by atoms with Crippen molar-refractivity contribution in [2.75, 3.05) is 59.1 Å². The Morgan fingerprint density at radius 3 is 2.59 bits per heavy atom. The molecule has 0 N–H and O–H groups in total. The number of fused-ring (bicyclic) bond motifs is 1. The number of hydrogen-bond donors (Lipinski definition) is 0. The van der Waals surface area contributed by atoms with Crippen molar-refractivity contribution in [1.82, 2.24) is 14.7 Å². The largest absolute Gasteiger partial charge is 0.450 e. The first-order valence-electron chi connectivity index (χ1n) is 11.6. The van der Waals surface area contributed by atoms with Crippen molar-refractivity contribution >= 4 is 12.0 Å². The Balaban J connectivity index is 1.07. The van der Waals surface area contributed by atoms with Gasteiger partial charge in [-0.25, -0.2) is 4.79 Å². The summed E-state index contributed by atoms with van der Waals surface area (Å²) in [5, 5.41) is 0. The van der Waals surface area contributed by atoms with Gasteiger partial charge < -0.3 is 19.3 Å². The number of ether oxygens (including phenoxy) is 2. The average molecular weight is 406 g/mol. The van der Waals surface area contributed by atoms with E-state index in [0.717, 1.165) is 65.1 Å². The summed E-state index contributed by atoms with van der Waals surface area (Å²) in [4.78, 5) is 31.5. The second-order valence-electron chi connectivity index (χ2n) is 9.88. The van der Waals surface area contributed by atoms with E-state index >= 15 is 0 Å². The first-order chi connectivity index (χ1) is 14.1. The van der Waals surface area contributed by atoms with Gasteiger partial charge in [-0.1, -0.05) is 0 Å². The zero-order valence-electron chi connectivity index (χ0n) is 17.7. The van der Waals surface area contributed by atoms with Gasteiger partial charge in [-0.05, 0) is 56.3 Å². The quantitative estimate of drug-likeness (QED) is 0.717. The third kappa shape index (κ3) is 3.65. The molecule has 3 atom stereocenters. The molecule has 2 aliphatic carbocycles. The van der Waals surface area contributed by atoms with Crippen LogP contribution in [0.3, 0.4) is 0 Å². The Labute approximate surface area is 173 Å². The van der Waals surface area contributed by atoms with Crippen molar-refractivity contribution in [1.29, 1.82) is 0 Å². The molecule has 7 nitrogen and oxygen atoms in total. The first-order valence-corrected chi connectivity index (χ1v) is 11.6. The second kappa shape index (κ2) is 7.73. The van der Waals surface area contributed by atoms with E-state index in [1.807, 2.05) is 11.8 Å². The molecule has 3 aliphatic heterocycles. The second-order valence-corrected chi connectivity index (χ2v) is 9.88. The van der Waals surface area contributed by atoms with Gasteiger partial charge in [-0.3, -0.25) is 9.69 Å². The zero-order chi connectivity index (χ0) is 20.0. The Morgan fingerprint density at radius 2 is 1.83 bits per heavy atom. The summed E-state index contributed by atoms with van der Waals surface area (Å²) in [5.41, 5.74) is 0.323. The van der Waals surface area contributed by atoms with Gasteiger partial charge in [0.25, 0.3) is 0 Å². The van der Waals surface area contributed by atoms with Crippen LogP contribution < -0.4 is 0 Å². The van der Waals surface area contributed by atoms with Crippen LogP contribution in [0.4, 0.5) is 4.79 Å². The summed E-state index contributed by atoms with van der Waals surface area (Å²) in [6, 6.07) is 0.649. The van der Waals surface area contributed by atoms with Gasteiger partial charge in [-0.15, -0.1) is 0 Å². The number of nitrogens with zero attached hydrogens (tertiary/aromatic N) is 3. The van der Waals surface area contributed by atoms with Crippen LogP contribution in [0.5, 0.6) is 0 Å². The summed E-state index contributed by atoms with van der Waals surface area (Å²) in [7, 11) is 0. The van der Waals surface area contributed by atoms with E-state index in [0.29, 0.717) is 42.4 Å². The predicted octanol–water partition coefficient (Wildman–Crippen LogP) is 1.81. The molecule has 0 aromatic rings. The normalized spacial score (nSPS) is 39.6. The standard InChI is InChI=1S/C22H35N3O4/c1-2-29-21(27)24-7-5-22(15-24)11-16(12-22)25-13-17-18(14-25)19(17)20(26)23-6-3-4-9-28-10-8-23/h16-19H,2-15H2,1H3/t16?,17-,18+,19+,22?. The van der Waals surface area contributed by atoms with Gasteiger partial charge in [0.2, 0.25) is 5.91 Å². The van der Waals surface area contributed by atoms with Crippen molar-refractivity contribution < 1.29 is 19.1 Å². The van der Waals surface area contributed by atoms with Gasteiger partial charge in [0.05, 0.1) is 13.2 Å². The lowest BCUT2D eigenvalue weighted by molar-refractivity contribution is -0.135. The molecule has 5 aliphatic rings. The lowest BCUT2D eigenvalue weighted by Gasteiger charge is -2.49. The Bertz CT molecular complexity index is 630. The molecule has 0 bridgehead atoms. The predicted molar refractivity (Wildman–Crippen MR) is 107 cm³/mol.